The van der Waals surface area contributed by atoms with Gasteiger partial charge in [0.25, 0.3) is 0 Å². The summed E-state index contributed by atoms with van der Waals surface area (Å²) in [6, 6.07) is 0. The molecule has 4 aliphatic rings. The zero-order valence-electron chi connectivity index (χ0n) is 16.0. The van der Waals surface area contributed by atoms with Gasteiger partial charge in [0.15, 0.2) is 5.79 Å². The van der Waals surface area contributed by atoms with Crippen LogP contribution in [0.1, 0.15) is 74.1 Å². The minimum atomic E-state index is -0.539. The van der Waals surface area contributed by atoms with Gasteiger partial charge < -0.3 is 9.47 Å². The first-order valence-corrected chi connectivity index (χ1v) is 9.61. The van der Waals surface area contributed by atoms with Crippen LogP contribution in [0.5, 0.6) is 0 Å². The third-order valence-electron chi connectivity index (χ3n) is 8.77. The highest BCUT2D eigenvalue weighted by atomic mass is 16.8. The van der Waals surface area contributed by atoms with Crippen molar-refractivity contribution in [3.05, 3.63) is 11.6 Å². The summed E-state index contributed by atoms with van der Waals surface area (Å²) in [7, 11) is 0. The fourth-order valence-electron chi connectivity index (χ4n) is 7.26. The highest BCUT2D eigenvalue weighted by Gasteiger charge is 2.74. The maximum absolute atomic E-state index is 6.77. The van der Waals surface area contributed by atoms with Gasteiger partial charge in [0, 0.05) is 0 Å². The van der Waals surface area contributed by atoms with Crippen molar-refractivity contribution in [2.75, 3.05) is 0 Å². The first-order valence-electron chi connectivity index (χ1n) is 9.61. The van der Waals surface area contributed by atoms with Crippen molar-refractivity contribution in [1.82, 2.24) is 0 Å². The van der Waals surface area contributed by atoms with Gasteiger partial charge in [0.1, 0.15) is 0 Å². The Hall–Kier alpha value is -0.340. The van der Waals surface area contributed by atoms with E-state index >= 15 is 0 Å². The highest BCUT2D eigenvalue weighted by Crippen LogP contribution is 2.75. The zero-order valence-corrected chi connectivity index (χ0v) is 16.0. The molecule has 1 spiro atoms. The van der Waals surface area contributed by atoms with E-state index in [9.17, 15) is 0 Å². The molecule has 2 nitrogen and oxygen atoms in total. The van der Waals surface area contributed by atoms with E-state index in [4.69, 9.17) is 9.47 Å². The Morgan fingerprint density at radius 1 is 1.04 bits per heavy atom. The molecule has 1 aliphatic heterocycles. The van der Waals surface area contributed by atoms with E-state index in [1.165, 1.54) is 31.3 Å². The Labute approximate surface area is 142 Å². The fraction of sp³-hybridized carbons (Fsp3) is 0.905. The lowest BCUT2D eigenvalue weighted by Crippen LogP contribution is -2.52. The average molecular weight is 319 g/mol. The third kappa shape index (κ3) is 1.73. The van der Waals surface area contributed by atoms with E-state index in [2.05, 4.69) is 54.5 Å². The van der Waals surface area contributed by atoms with Crippen molar-refractivity contribution in [2.24, 2.45) is 28.6 Å². The molecule has 7 atom stereocenters. The lowest BCUT2D eigenvalue weighted by Gasteiger charge is -2.47. The molecule has 0 aromatic rings. The van der Waals surface area contributed by atoms with Crippen molar-refractivity contribution in [3.8, 4) is 0 Å². The van der Waals surface area contributed by atoms with E-state index in [1.807, 2.05) is 0 Å². The molecule has 0 aromatic heterocycles. The van der Waals surface area contributed by atoms with Crippen molar-refractivity contribution in [3.63, 3.8) is 0 Å². The van der Waals surface area contributed by atoms with Gasteiger partial charge >= 0.3 is 0 Å². The molecule has 0 aromatic carbocycles. The van der Waals surface area contributed by atoms with Crippen LogP contribution in [0.15, 0.2) is 11.6 Å². The standard InChI is InChI=1S/C21H34O2/c1-8-13(2)20(7)22-17-12-21-11-16(19(17,6)23-20)18(4,5)15(21)10-9-14(21)3/h8,14-17H,9-12H2,1-7H3/b13-8-/t14-,15+,16-,17+,19-,20-,21-/m1/s1. The minimum Gasteiger partial charge on any atom is -0.340 e. The van der Waals surface area contributed by atoms with Crippen LogP contribution in [0.3, 0.4) is 0 Å². The summed E-state index contributed by atoms with van der Waals surface area (Å²) in [6.07, 6.45) is 7.72. The summed E-state index contributed by atoms with van der Waals surface area (Å²) >= 11 is 0. The second-order valence-electron chi connectivity index (χ2n) is 9.86. The molecule has 0 N–H and O–H groups in total. The van der Waals surface area contributed by atoms with Crippen LogP contribution < -0.4 is 0 Å². The molecule has 1 heterocycles. The molecule has 3 aliphatic carbocycles. The van der Waals surface area contributed by atoms with Crippen molar-refractivity contribution in [2.45, 2.75) is 91.6 Å². The van der Waals surface area contributed by atoms with Crippen molar-refractivity contribution >= 4 is 0 Å². The molecule has 0 radical (unpaired) electrons. The van der Waals surface area contributed by atoms with Crippen LogP contribution in [0.2, 0.25) is 0 Å². The zero-order chi connectivity index (χ0) is 16.8. The van der Waals surface area contributed by atoms with Crippen LogP contribution in [-0.4, -0.2) is 17.5 Å². The molecule has 2 bridgehead atoms. The number of fused-ring (bicyclic) bond motifs is 3. The number of allylic oxidation sites excluding steroid dienone is 1. The van der Waals surface area contributed by atoms with Crippen molar-refractivity contribution < 1.29 is 9.47 Å². The Bertz CT molecular complexity index is 564. The van der Waals surface area contributed by atoms with Gasteiger partial charge in [-0.3, -0.25) is 0 Å². The predicted molar refractivity (Wildman–Crippen MR) is 93.0 cm³/mol. The van der Waals surface area contributed by atoms with E-state index < -0.39 is 5.79 Å². The van der Waals surface area contributed by atoms with Gasteiger partial charge in [-0.1, -0.05) is 26.8 Å². The highest BCUT2D eigenvalue weighted by molar-refractivity contribution is 5.24. The minimum absolute atomic E-state index is 0.141. The van der Waals surface area contributed by atoms with Gasteiger partial charge in [0.2, 0.25) is 0 Å². The Balaban J connectivity index is 1.78. The van der Waals surface area contributed by atoms with Crippen LogP contribution in [0, 0.1) is 28.6 Å². The topological polar surface area (TPSA) is 18.5 Å². The monoisotopic (exact) mass is 318 g/mol. The van der Waals surface area contributed by atoms with Crippen LogP contribution in [0.25, 0.3) is 0 Å². The Kier molecular flexibility index (Phi) is 3.11. The molecule has 3 saturated carbocycles. The maximum Gasteiger partial charge on any atom is 0.188 e. The quantitative estimate of drug-likeness (QED) is 0.609. The van der Waals surface area contributed by atoms with Gasteiger partial charge in [-0.2, -0.15) is 0 Å². The van der Waals surface area contributed by atoms with E-state index in [-0.39, 0.29) is 11.7 Å². The summed E-state index contributed by atoms with van der Waals surface area (Å²) in [4.78, 5) is 0. The first-order chi connectivity index (χ1) is 10.6. The number of ether oxygens (including phenoxy) is 2. The Morgan fingerprint density at radius 3 is 2.39 bits per heavy atom. The largest absolute Gasteiger partial charge is 0.340 e. The smallest absolute Gasteiger partial charge is 0.188 e. The summed E-state index contributed by atoms with van der Waals surface area (Å²) in [6.45, 7) is 16.2. The van der Waals surface area contributed by atoms with E-state index in [0.29, 0.717) is 16.7 Å². The maximum atomic E-state index is 6.77. The molecule has 4 fully saturated rings. The van der Waals surface area contributed by atoms with E-state index in [0.717, 1.165) is 11.8 Å². The predicted octanol–water partition coefficient (Wildman–Crippen LogP) is 5.33. The molecular formula is C21H34O2. The van der Waals surface area contributed by atoms with Gasteiger partial charge in [0.05, 0.1) is 11.7 Å². The summed E-state index contributed by atoms with van der Waals surface area (Å²) in [5.74, 6) is 1.74. The number of rotatable bonds is 1. The third-order valence-corrected chi connectivity index (χ3v) is 8.77. The normalized spacial score (nSPS) is 57.4. The number of hydrogen-bond donors (Lipinski definition) is 0. The Morgan fingerprint density at radius 2 is 1.74 bits per heavy atom. The molecular weight excluding hydrogens is 284 g/mol. The fourth-order valence-corrected chi connectivity index (χ4v) is 7.26. The molecule has 130 valence electrons. The molecule has 23 heavy (non-hydrogen) atoms. The second kappa shape index (κ2) is 4.43. The lowest BCUT2D eigenvalue weighted by atomic mass is 9.63. The van der Waals surface area contributed by atoms with Crippen molar-refractivity contribution in [1.29, 1.82) is 0 Å². The SMILES string of the molecule is C/C=C(/C)[C@]1(C)O[C@H]2C[C@@]34C[C@H](C(C)(C)[C@@H]3CC[C@H]4C)[C@@]2(C)O1. The average Bonchev–Trinajstić information content (AvgIpc) is 3.00. The second-order valence-corrected chi connectivity index (χ2v) is 9.86. The van der Waals surface area contributed by atoms with Crippen LogP contribution in [0.4, 0.5) is 0 Å². The molecule has 1 saturated heterocycles. The molecule has 0 unspecified atom stereocenters. The summed E-state index contributed by atoms with van der Waals surface area (Å²) in [5, 5.41) is 0. The molecule has 2 heteroatoms. The van der Waals surface area contributed by atoms with Gasteiger partial charge in [-0.05, 0) is 87.5 Å². The number of hydrogen-bond acceptors (Lipinski definition) is 2. The van der Waals surface area contributed by atoms with Crippen LogP contribution >= 0.6 is 0 Å². The molecule has 0 amide bonds. The summed E-state index contributed by atoms with van der Waals surface area (Å²) in [5.41, 5.74) is 1.91. The summed E-state index contributed by atoms with van der Waals surface area (Å²) < 4.78 is 13.4. The van der Waals surface area contributed by atoms with E-state index in [1.54, 1.807) is 0 Å². The van der Waals surface area contributed by atoms with Gasteiger partial charge in [-0.25, -0.2) is 0 Å². The van der Waals surface area contributed by atoms with Crippen LogP contribution in [-0.2, 0) is 9.47 Å². The van der Waals surface area contributed by atoms with Gasteiger partial charge in [-0.15, -0.1) is 0 Å². The molecule has 4 rings (SSSR count). The lowest BCUT2D eigenvalue weighted by molar-refractivity contribution is -0.165. The first kappa shape index (κ1) is 16.1.